The Balaban J connectivity index is 1.69. The highest BCUT2D eigenvalue weighted by molar-refractivity contribution is 7.15. The summed E-state index contributed by atoms with van der Waals surface area (Å²) in [6.07, 6.45) is 6.75. The lowest BCUT2D eigenvalue weighted by atomic mass is 10.2. The molecule has 3 rings (SSSR count). The Kier molecular flexibility index (Phi) is 5.02. The number of hydrogen-bond donors (Lipinski definition) is 1. The van der Waals surface area contributed by atoms with E-state index >= 15 is 0 Å². The first-order valence-electron chi connectivity index (χ1n) is 8.07. The third-order valence-electron chi connectivity index (χ3n) is 4.17. The molecule has 0 atom stereocenters. The molecule has 23 heavy (non-hydrogen) atoms. The number of nitrogens with one attached hydrogen (secondary N) is 1. The van der Waals surface area contributed by atoms with E-state index in [1.54, 1.807) is 16.0 Å². The monoisotopic (exact) mass is 352 g/mol. The molecule has 2 heterocycles. The van der Waals surface area contributed by atoms with Gasteiger partial charge in [0.25, 0.3) is 0 Å². The van der Waals surface area contributed by atoms with Gasteiger partial charge in [-0.05, 0) is 32.1 Å². The van der Waals surface area contributed by atoms with Crippen LogP contribution in [0.2, 0.25) is 5.02 Å². The van der Waals surface area contributed by atoms with Gasteiger partial charge in [0.05, 0.1) is 28.5 Å². The Morgan fingerprint density at radius 1 is 1.35 bits per heavy atom. The Morgan fingerprint density at radius 3 is 2.87 bits per heavy atom. The van der Waals surface area contributed by atoms with E-state index in [9.17, 15) is 4.79 Å². The molecule has 0 saturated heterocycles. The molecule has 1 aliphatic rings. The van der Waals surface area contributed by atoms with Crippen LogP contribution in [0.4, 0.5) is 5.13 Å². The number of anilines is 1. The van der Waals surface area contributed by atoms with Gasteiger partial charge >= 0.3 is 0 Å². The number of aromatic nitrogens is 3. The Labute approximate surface area is 145 Å². The van der Waals surface area contributed by atoms with Gasteiger partial charge in [-0.25, -0.2) is 4.98 Å². The highest BCUT2D eigenvalue weighted by Crippen LogP contribution is 2.29. The van der Waals surface area contributed by atoms with Crippen molar-refractivity contribution in [1.82, 2.24) is 14.8 Å². The quantitative estimate of drug-likeness (QED) is 0.856. The zero-order valence-corrected chi connectivity index (χ0v) is 15.1. The summed E-state index contributed by atoms with van der Waals surface area (Å²) >= 11 is 7.91. The number of fused-ring (bicyclic) bond motifs is 1. The third-order valence-corrected chi connectivity index (χ3v) is 5.68. The molecular formula is C16H21ClN4OS. The molecule has 1 N–H and O–H groups in total. The second kappa shape index (κ2) is 7.01. The third kappa shape index (κ3) is 3.58. The normalized spacial score (nSPS) is 14.4. The Morgan fingerprint density at radius 2 is 2.13 bits per heavy atom. The molecule has 0 fully saturated rings. The first-order valence-corrected chi connectivity index (χ1v) is 9.26. The van der Waals surface area contributed by atoms with Crippen molar-refractivity contribution in [3.05, 3.63) is 27.0 Å². The van der Waals surface area contributed by atoms with Crippen molar-refractivity contribution in [3.8, 4) is 0 Å². The summed E-state index contributed by atoms with van der Waals surface area (Å²) in [6, 6.07) is 0. The van der Waals surface area contributed by atoms with Crippen LogP contribution in [0.3, 0.4) is 0 Å². The molecule has 0 aromatic carbocycles. The fraction of sp³-hybridized carbons (Fsp3) is 0.562. The van der Waals surface area contributed by atoms with Crippen LogP contribution in [-0.4, -0.2) is 20.7 Å². The maximum atomic E-state index is 12.3. The number of carbonyl (C=O) groups excluding carboxylic acids is 1. The van der Waals surface area contributed by atoms with Gasteiger partial charge in [0, 0.05) is 11.9 Å². The molecule has 5 nitrogen and oxygen atoms in total. The largest absolute Gasteiger partial charge is 0.302 e. The lowest BCUT2D eigenvalue weighted by Gasteiger charge is -2.03. The zero-order valence-electron chi connectivity index (χ0n) is 13.5. The minimum Gasteiger partial charge on any atom is -0.302 e. The average molecular weight is 353 g/mol. The number of halogens is 1. The topological polar surface area (TPSA) is 59.8 Å². The van der Waals surface area contributed by atoms with Gasteiger partial charge in [-0.15, -0.1) is 11.3 Å². The molecule has 1 aliphatic carbocycles. The molecule has 0 spiro atoms. The molecule has 1 amide bonds. The number of amides is 1. The van der Waals surface area contributed by atoms with Gasteiger partial charge in [-0.2, -0.15) is 5.10 Å². The molecule has 0 unspecified atom stereocenters. The number of aryl methyl sites for hydroxylation is 4. The molecule has 2 aromatic rings. The Hall–Kier alpha value is -1.40. The highest BCUT2D eigenvalue weighted by atomic mass is 35.5. The molecular weight excluding hydrogens is 332 g/mol. The van der Waals surface area contributed by atoms with Crippen molar-refractivity contribution in [2.45, 2.75) is 51.9 Å². The van der Waals surface area contributed by atoms with Crippen LogP contribution in [0.1, 0.15) is 48.1 Å². The van der Waals surface area contributed by atoms with Gasteiger partial charge in [0.2, 0.25) is 5.91 Å². The number of nitrogens with zero attached hydrogens (tertiary/aromatic N) is 3. The molecule has 0 radical (unpaired) electrons. The predicted molar refractivity (Wildman–Crippen MR) is 93.3 cm³/mol. The van der Waals surface area contributed by atoms with Crippen LogP contribution in [0.5, 0.6) is 0 Å². The zero-order chi connectivity index (χ0) is 16.4. The van der Waals surface area contributed by atoms with Crippen molar-refractivity contribution in [1.29, 1.82) is 0 Å². The van der Waals surface area contributed by atoms with Crippen LogP contribution < -0.4 is 5.32 Å². The fourth-order valence-corrected chi connectivity index (χ4v) is 4.34. The van der Waals surface area contributed by atoms with E-state index < -0.39 is 0 Å². The fourth-order valence-electron chi connectivity index (χ4n) is 2.91. The van der Waals surface area contributed by atoms with Crippen LogP contribution in [0, 0.1) is 0 Å². The molecule has 0 aliphatic heterocycles. The van der Waals surface area contributed by atoms with Gasteiger partial charge in [-0.3, -0.25) is 9.48 Å². The van der Waals surface area contributed by atoms with Crippen molar-refractivity contribution in [2.24, 2.45) is 7.05 Å². The Bertz CT molecular complexity index is 698. The van der Waals surface area contributed by atoms with E-state index in [0.717, 1.165) is 36.3 Å². The molecule has 0 saturated carbocycles. The minimum atomic E-state index is -0.0959. The van der Waals surface area contributed by atoms with Crippen molar-refractivity contribution in [2.75, 3.05) is 5.32 Å². The number of carbonyl (C=O) groups is 1. The molecule has 2 aromatic heterocycles. The number of hydrogen-bond acceptors (Lipinski definition) is 4. The second-order valence-electron chi connectivity index (χ2n) is 5.86. The van der Waals surface area contributed by atoms with Gasteiger partial charge < -0.3 is 5.32 Å². The maximum absolute atomic E-state index is 12.3. The summed E-state index contributed by atoms with van der Waals surface area (Å²) in [5.74, 6) is -0.0959. The summed E-state index contributed by atoms with van der Waals surface area (Å²) < 4.78 is 1.69. The minimum absolute atomic E-state index is 0.0959. The molecule has 124 valence electrons. The van der Waals surface area contributed by atoms with E-state index in [4.69, 9.17) is 11.6 Å². The van der Waals surface area contributed by atoms with Gasteiger partial charge in [0.1, 0.15) is 0 Å². The maximum Gasteiger partial charge on any atom is 0.232 e. The smallest absolute Gasteiger partial charge is 0.232 e. The summed E-state index contributed by atoms with van der Waals surface area (Å²) in [5, 5.41) is 8.56. The van der Waals surface area contributed by atoms with E-state index in [0.29, 0.717) is 10.2 Å². The standard InChI is InChI=1S/C16H21ClN4OS/c1-3-10-15(17)12(21(2)20-10)9-14(22)19-16-18-11-7-5-4-6-8-13(11)23-16/h3-9H2,1-2H3,(H,18,19,22). The van der Waals surface area contributed by atoms with E-state index in [1.165, 1.54) is 24.1 Å². The first-order chi connectivity index (χ1) is 11.1. The molecule has 0 bridgehead atoms. The van der Waals surface area contributed by atoms with E-state index in [-0.39, 0.29) is 12.3 Å². The predicted octanol–water partition coefficient (Wildman–Crippen LogP) is 3.54. The van der Waals surface area contributed by atoms with Gasteiger partial charge in [-0.1, -0.05) is 24.9 Å². The summed E-state index contributed by atoms with van der Waals surface area (Å²) in [4.78, 5) is 18.2. The second-order valence-corrected chi connectivity index (χ2v) is 7.32. The SMILES string of the molecule is CCc1nn(C)c(CC(=O)Nc2nc3c(s2)CCCCC3)c1Cl. The van der Waals surface area contributed by atoms with Crippen LogP contribution in [0.25, 0.3) is 0 Å². The number of thiazole rings is 1. The lowest BCUT2D eigenvalue weighted by Crippen LogP contribution is -2.16. The highest BCUT2D eigenvalue weighted by Gasteiger charge is 2.19. The van der Waals surface area contributed by atoms with E-state index in [1.807, 2.05) is 14.0 Å². The van der Waals surface area contributed by atoms with Crippen LogP contribution >= 0.6 is 22.9 Å². The first kappa shape index (κ1) is 16.5. The van der Waals surface area contributed by atoms with Crippen LogP contribution in [-0.2, 0) is 37.5 Å². The summed E-state index contributed by atoms with van der Waals surface area (Å²) in [6.45, 7) is 2.00. The summed E-state index contributed by atoms with van der Waals surface area (Å²) in [7, 11) is 1.82. The summed E-state index contributed by atoms with van der Waals surface area (Å²) in [5.41, 5.74) is 2.74. The van der Waals surface area contributed by atoms with Gasteiger partial charge in [0.15, 0.2) is 5.13 Å². The van der Waals surface area contributed by atoms with E-state index in [2.05, 4.69) is 15.4 Å². The average Bonchev–Trinajstić information content (AvgIpc) is 2.92. The van der Waals surface area contributed by atoms with Crippen molar-refractivity contribution < 1.29 is 4.79 Å². The van der Waals surface area contributed by atoms with Crippen LogP contribution in [0.15, 0.2) is 0 Å². The number of rotatable bonds is 4. The molecule has 7 heteroatoms. The van der Waals surface area contributed by atoms with Crippen molar-refractivity contribution >= 4 is 34.0 Å². The lowest BCUT2D eigenvalue weighted by molar-refractivity contribution is -0.115. The van der Waals surface area contributed by atoms with Crippen molar-refractivity contribution in [3.63, 3.8) is 0 Å².